The molecular formula is C11H15I2NO2. The number of phenolic OH excluding ortho intramolecular Hbond substituents is 1. The smallest absolute Gasteiger partial charge is 0.133 e. The largest absolute Gasteiger partial charge is 0.506 e. The summed E-state index contributed by atoms with van der Waals surface area (Å²) in [7, 11) is 0. The number of aliphatic hydroxyl groups excluding tert-OH is 1. The molecule has 0 fully saturated rings. The van der Waals surface area contributed by atoms with E-state index in [4.69, 9.17) is 5.73 Å². The topological polar surface area (TPSA) is 66.5 Å². The van der Waals surface area contributed by atoms with Crippen LogP contribution in [0.1, 0.15) is 25.5 Å². The molecule has 0 bridgehead atoms. The summed E-state index contributed by atoms with van der Waals surface area (Å²) < 4.78 is 1.76. The lowest BCUT2D eigenvalue weighted by Gasteiger charge is -2.23. The normalized spacial score (nSPS) is 15.2. The molecule has 0 aromatic heterocycles. The summed E-state index contributed by atoms with van der Waals surface area (Å²) in [5.74, 6) is 0.234. The number of aliphatic hydroxyl groups is 1. The van der Waals surface area contributed by atoms with Gasteiger partial charge in [-0.1, -0.05) is 13.8 Å². The Hall–Kier alpha value is 0.400. The molecule has 2 atom stereocenters. The molecule has 0 radical (unpaired) electrons. The lowest BCUT2D eigenvalue weighted by atomic mass is 9.94. The Kier molecular flexibility index (Phi) is 5.27. The van der Waals surface area contributed by atoms with E-state index in [1.54, 1.807) is 0 Å². The Bertz CT molecular complexity index is 382. The van der Waals surface area contributed by atoms with Crippen LogP contribution in [0.15, 0.2) is 12.1 Å². The maximum atomic E-state index is 9.92. The van der Waals surface area contributed by atoms with Crippen LogP contribution >= 0.6 is 45.2 Å². The zero-order valence-electron chi connectivity index (χ0n) is 9.11. The summed E-state index contributed by atoms with van der Waals surface area (Å²) in [6.07, 6.45) is -0.653. The predicted molar refractivity (Wildman–Crippen MR) is 81.3 cm³/mol. The number of aromatic hydroxyl groups is 1. The third kappa shape index (κ3) is 3.21. The minimum absolute atomic E-state index is 0.0601. The Morgan fingerprint density at radius 2 is 1.81 bits per heavy atom. The molecule has 0 saturated carbocycles. The maximum absolute atomic E-state index is 9.92. The lowest BCUT2D eigenvalue weighted by Crippen LogP contribution is -2.30. The van der Waals surface area contributed by atoms with E-state index in [0.29, 0.717) is 5.56 Å². The number of halogens is 2. The molecular weight excluding hydrogens is 432 g/mol. The molecule has 0 heterocycles. The standard InChI is InChI=1S/C11H15I2NO2/c1-5(2)10(15)9(14)7-3-6(12)4-8(13)11(7)16/h3-5,9-10,15-16H,14H2,1-2H3/t9-,10+/m1/s1. The molecule has 0 saturated heterocycles. The highest BCUT2D eigenvalue weighted by Crippen LogP contribution is 2.32. The van der Waals surface area contributed by atoms with Crippen LogP contribution < -0.4 is 5.73 Å². The molecule has 1 rings (SSSR count). The highest BCUT2D eigenvalue weighted by atomic mass is 127. The van der Waals surface area contributed by atoms with Crippen molar-refractivity contribution in [2.24, 2.45) is 11.7 Å². The third-order valence-corrected chi connectivity index (χ3v) is 3.91. The fourth-order valence-electron chi connectivity index (χ4n) is 1.44. The van der Waals surface area contributed by atoms with Crippen molar-refractivity contribution >= 4 is 45.2 Å². The first-order chi connectivity index (χ1) is 7.34. The van der Waals surface area contributed by atoms with Crippen molar-refractivity contribution in [2.45, 2.75) is 26.0 Å². The highest BCUT2D eigenvalue weighted by Gasteiger charge is 2.23. The average molecular weight is 447 g/mol. The van der Waals surface area contributed by atoms with Crippen LogP contribution in [0.25, 0.3) is 0 Å². The van der Waals surface area contributed by atoms with Crippen LogP contribution in [-0.4, -0.2) is 16.3 Å². The van der Waals surface area contributed by atoms with Crippen LogP contribution in [0.4, 0.5) is 0 Å². The van der Waals surface area contributed by atoms with Crippen LogP contribution in [0.5, 0.6) is 5.75 Å². The summed E-state index contributed by atoms with van der Waals surface area (Å²) in [5.41, 5.74) is 6.57. The van der Waals surface area contributed by atoms with E-state index in [1.807, 2.05) is 26.0 Å². The van der Waals surface area contributed by atoms with Gasteiger partial charge in [-0.2, -0.15) is 0 Å². The minimum atomic E-state index is -0.653. The molecule has 3 nitrogen and oxygen atoms in total. The zero-order chi connectivity index (χ0) is 12.5. The number of nitrogens with two attached hydrogens (primary N) is 1. The third-order valence-electron chi connectivity index (χ3n) is 2.47. The summed E-state index contributed by atoms with van der Waals surface area (Å²) in [4.78, 5) is 0. The van der Waals surface area contributed by atoms with E-state index >= 15 is 0 Å². The quantitative estimate of drug-likeness (QED) is 0.625. The monoisotopic (exact) mass is 447 g/mol. The molecule has 0 aliphatic carbocycles. The van der Waals surface area contributed by atoms with Gasteiger partial charge in [-0.15, -0.1) is 0 Å². The molecule has 0 spiro atoms. The predicted octanol–water partition coefficient (Wildman–Crippen LogP) is 2.62. The lowest BCUT2D eigenvalue weighted by molar-refractivity contribution is 0.0969. The van der Waals surface area contributed by atoms with E-state index < -0.39 is 12.1 Å². The fraction of sp³-hybridized carbons (Fsp3) is 0.455. The van der Waals surface area contributed by atoms with E-state index in [-0.39, 0.29) is 11.7 Å². The van der Waals surface area contributed by atoms with Gasteiger partial charge in [0.25, 0.3) is 0 Å². The van der Waals surface area contributed by atoms with Crippen molar-refractivity contribution in [3.63, 3.8) is 0 Å². The first kappa shape index (κ1) is 14.5. The van der Waals surface area contributed by atoms with Crippen molar-refractivity contribution < 1.29 is 10.2 Å². The molecule has 5 heteroatoms. The van der Waals surface area contributed by atoms with Gasteiger partial charge in [0, 0.05) is 9.13 Å². The van der Waals surface area contributed by atoms with E-state index in [1.165, 1.54) is 0 Å². The Morgan fingerprint density at radius 1 is 1.25 bits per heavy atom. The maximum Gasteiger partial charge on any atom is 0.133 e. The first-order valence-corrected chi connectivity index (χ1v) is 7.12. The number of rotatable bonds is 3. The van der Waals surface area contributed by atoms with Crippen molar-refractivity contribution in [1.82, 2.24) is 0 Å². The molecule has 4 N–H and O–H groups in total. The van der Waals surface area contributed by atoms with Gasteiger partial charge >= 0.3 is 0 Å². The number of phenols is 1. The summed E-state index contributed by atoms with van der Waals surface area (Å²) in [6.45, 7) is 3.81. The van der Waals surface area contributed by atoms with E-state index in [9.17, 15) is 10.2 Å². The van der Waals surface area contributed by atoms with E-state index in [0.717, 1.165) is 7.14 Å². The zero-order valence-corrected chi connectivity index (χ0v) is 13.4. The Morgan fingerprint density at radius 3 is 2.31 bits per heavy atom. The van der Waals surface area contributed by atoms with Gasteiger partial charge in [-0.3, -0.25) is 0 Å². The van der Waals surface area contributed by atoms with Crippen LogP contribution in [0.3, 0.4) is 0 Å². The van der Waals surface area contributed by atoms with Crippen molar-refractivity contribution in [3.05, 3.63) is 24.8 Å². The highest BCUT2D eigenvalue weighted by molar-refractivity contribution is 14.1. The van der Waals surface area contributed by atoms with Gasteiger partial charge in [-0.25, -0.2) is 0 Å². The first-order valence-electron chi connectivity index (χ1n) is 4.96. The molecule has 16 heavy (non-hydrogen) atoms. The summed E-state index contributed by atoms with van der Waals surface area (Å²) in [5, 5.41) is 19.8. The fourth-order valence-corrected chi connectivity index (χ4v) is 3.33. The van der Waals surface area contributed by atoms with Gasteiger partial charge < -0.3 is 15.9 Å². The van der Waals surface area contributed by atoms with Crippen molar-refractivity contribution in [1.29, 1.82) is 0 Å². The van der Waals surface area contributed by atoms with Crippen molar-refractivity contribution in [2.75, 3.05) is 0 Å². The van der Waals surface area contributed by atoms with Crippen molar-refractivity contribution in [3.8, 4) is 5.75 Å². The van der Waals surface area contributed by atoms with E-state index in [2.05, 4.69) is 45.2 Å². The molecule has 0 aliphatic heterocycles. The van der Waals surface area contributed by atoms with Gasteiger partial charge in [-0.05, 0) is 63.2 Å². The Labute approximate surface area is 123 Å². The van der Waals surface area contributed by atoms with Crippen LogP contribution in [0.2, 0.25) is 0 Å². The molecule has 1 aromatic carbocycles. The molecule has 0 unspecified atom stereocenters. The summed E-state index contributed by atoms with van der Waals surface area (Å²) >= 11 is 4.23. The second-order valence-corrected chi connectivity index (χ2v) is 6.49. The average Bonchev–Trinajstić information content (AvgIpc) is 2.21. The Balaban J connectivity index is 3.13. The molecule has 0 amide bonds. The molecule has 1 aromatic rings. The second-order valence-electron chi connectivity index (χ2n) is 4.09. The molecule has 0 aliphatic rings. The van der Waals surface area contributed by atoms with Gasteiger partial charge in [0.15, 0.2) is 0 Å². The summed E-state index contributed by atoms with van der Waals surface area (Å²) in [6, 6.07) is 3.13. The minimum Gasteiger partial charge on any atom is -0.506 e. The number of hydrogen-bond donors (Lipinski definition) is 3. The number of benzene rings is 1. The van der Waals surface area contributed by atoms with Gasteiger partial charge in [0.2, 0.25) is 0 Å². The van der Waals surface area contributed by atoms with Crippen LogP contribution in [-0.2, 0) is 0 Å². The van der Waals surface area contributed by atoms with Crippen LogP contribution in [0, 0.1) is 13.1 Å². The van der Waals surface area contributed by atoms with Gasteiger partial charge in [0.1, 0.15) is 5.75 Å². The second kappa shape index (κ2) is 5.83. The van der Waals surface area contributed by atoms with Gasteiger partial charge in [0.05, 0.1) is 15.7 Å². The molecule has 90 valence electrons. The SMILES string of the molecule is CC(C)[C@H](O)[C@H](N)c1cc(I)cc(I)c1O. The number of hydrogen-bond acceptors (Lipinski definition) is 3.